The second kappa shape index (κ2) is 9.03. The number of nitrogens with zero attached hydrogens (tertiary/aromatic N) is 1. The van der Waals surface area contributed by atoms with Crippen molar-refractivity contribution in [3.8, 4) is 5.75 Å². The summed E-state index contributed by atoms with van der Waals surface area (Å²) < 4.78 is 46.9. The molecule has 0 unspecified atom stereocenters. The molecule has 0 amide bonds. The van der Waals surface area contributed by atoms with E-state index in [0.29, 0.717) is 44.5 Å². The monoisotopic (exact) mass is 377 g/mol. The van der Waals surface area contributed by atoms with Crippen LogP contribution >= 0.6 is 0 Å². The Hall–Kier alpha value is -1.35. The van der Waals surface area contributed by atoms with Crippen molar-refractivity contribution in [2.75, 3.05) is 33.4 Å². The first kappa shape index (κ1) is 21.0. The molecule has 5 nitrogen and oxygen atoms in total. The van der Waals surface area contributed by atoms with E-state index in [1.807, 2.05) is 4.90 Å². The second-order valence-electron chi connectivity index (χ2n) is 6.79. The predicted octanol–water partition coefficient (Wildman–Crippen LogP) is 2.56. The minimum absolute atomic E-state index is 0.185. The van der Waals surface area contributed by atoms with Crippen LogP contribution in [0.25, 0.3) is 0 Å². The van der Waals surface area contributed by atoms with Crippen LogP contribution in [0.5, 0.6) is 5.75 Å². The topological polar surface area (TPSA) is 62.2 Å². The van der Waals surface area contributed by atoms with Crippen molar-refractivity contribution < 1.29 is 32.9 Å². The van der Waals surface area contributed by atoms with Crippen LogP contribution in [0.4, 0.5) is 13.2 Å². The summed E-state index contributed by atoms with van der Waals surface area (Å²) in [5.41, 5.74) is -0.277. The number of ether oxygens (including phenoxy) is 2. The van der Waals surface area contributed by atoms with Gasteiger partial charge < -0.3 is 19.7 Å². The molecule has 1 fully saturated rings. The molecule has 1 aliphatic rings. The molecular weight excluding hydrogens is 351 g/mol. The van der Waals surface area contributed by atoms with E-state index in [-0.39, 0.29) is 18.9 Å². The lowest BCUT2D eigenvalue weighted by Gasteiger charge is -2.45. The Labute approximate surface area is 151 Å². The highest BCUT2D eigenvalue weighted by Crippen LogP contribution is 2.36. The highest BCUT2D eigenvalue weighted by Gasteiger charge is 2.42. The average Bonchev–Trinajstić information content (AvgIpc) is 2.58. The number of likely N-dealkylation sites (tertiary alicyclic amines) is 1. The van der Waals surface area contributed by atoms with Crippen molar-refractivity contribution in [1.82, 2.24) is 4.90 Å². The largest absolute Gasteiger partial charge is 0.573 e. The van der Waals surface area contributed by atoms with Gasteiger partial charge in [0.15, 0.2) is 0 Å². The quantitative estimate of drug-likeness (QED) is 0.682. The van der Waals surface area contributed by atoms with Gasteiger partial charge in [-0.1, -0.05) is 18.2 Å². The lowest BCUT2D eigenvalue weighted by Crippen LogP contribution is -2.53. The van der Waals surface area contributed by atoms with Crippen LogP contribution in [0.1, 0.15) is 24.8 Å². The van der Waals surface area contributed by atoms with E-state index in [0.717, 1.165) is 0 Å². The van der Waals surface area contributed by atoms with Gasteiger partial charge in [0.1, 0.15) is 5.75 Å². The van der Waals surface area contributed by atoms with Crippen LogP contribution in [0, 0.1) is 5.41 Å². The molecule has 2 N–H and O–H groups in total. The SMILES string of the molecule is COCCC[C@@]1(CO)CN(Cc2ccccc2OC(F)(F)F)CC[C@H]1O. The number of piperidine rings is 1. The Balaban J connectivity index is 2.10. The maximum Gasteiger partial charge on any atom is 0.573 e. The molecule has 2 rings (SSSR count). The number of rotatable bonds is 8. The van der Waals surface area contributed by atoms with Gasteiger partial charge in [-0.15, -0.1) is 13.2 Å². The zero-order valence-corrected chi connectivity index (χ0v) is 14.8. The molecule has 0 spiro atoms. The molecular formula is C18H26F3NO4. The molecule has 0 aliphatic carbocycles. The smallest absolute Gasteiger partial charge is 0.405 e. The van der Waals surface area contributed by atoms with E-state index < -0.39 is 17.9 Å². The Morgan fingerprint density at radius 1 is 1.31 bits per heavy atom. The van der Waals surface area contributed by atoms with Gasteiger partial charge in [-0.05, 0) is 25.3 Å². The summed E-state index contributed by atoms with van der Waals surface area (Å²) in [7, 11) is 1.59. The zero-order chi connectivity index (χ0) is 19.2. The molecule has 26 heavy (non-hydrogen) atoms. The third kappa shape index (κ3) is 5.57. The number of para-hydroxylation sites is 1. The Bertz CT molecular complexity index is 570. The lowest BCUT2D eigenvalue weighted by atomic mass is 9.74. The van der Waals surface area contributed by atoms with E-state index in [1.165, 1.54) is 12.1 Å². The van der Waals surface area contributed by atoms with Crippen molar-refractivity contribution in [1.29, 1.82) is 0 Å². The number of halogens is 3. The fourth-order valence-electron chi connectivity index (χ4n) is 3.52. The Morgan fingerprint density at radius 3 is 2.69 bits per heavy atom. The molecule has 8 heteroatoms. The summed E-state index contributed by atoms with van der Waals surface area (Å²) in [5.74, 6) is -0.222. The van der Waals surface area contributed by atoms with Gasteiger partial charge in [0.05, 0.1) is 12.7 Å². The first-order valence-electron chi connectivity index (χ1n) is 8.63. The van der Waals surface area contributed by atoms with Crippen molar-refractivity contribution in [2.45, 2.75) is 38.3 Å². The third-order valence-corrected chi connectivity index (χ3v) is 4.89. The van der Waals surface area contributed by atoms with Crippen LogP contribution in [-0.2, 0) is 11.3 Å². The number of benzene rings is 1. The molecule has 0 radical (unpaired) electrons. The summed E-state index contributed by atoms with van der Waals surface area (Å²) in [6.07, 6.45) is -3.67. The number of aliphatic hydroxyl groups excluding tert-OH is 2. The molecule has 1 saturated heterocycles. The molecule has 2 atom stereocenters. The molecule has 1 heterocycles. The molecule has 0 saturated carbocycles. The zero-order valence-electron chi connectivity index (χ0n) is 14.8. The van der Waals surface area contributed by atoms with Gasteiger partial charge in [-0.2, -0.15) is 0 Å². The number of hydrogen-bond donors (Lipinski definition) is 2. The number of alkyl halides is 3. The Morgan fingerprint density at radius 2 is 2.04 bits per heavy atom. The van der Waals surface area contributed by atoms with E-state index in [1.54, 1.807) is 19.2 Å². The first-order valence-corrected chi connectivity index (χ1v) is 8.63. The normalized spacial score (nSPS) is 24.6. The van der Waals surface area contributed by atoms with Crippen LogP contribution < -0.4 is 4.74 Å². The van der Waals surface area contributed by atoms with Crippen molar-refractivity contribution >= 4 is 0 Å². The van der Waals surface area contributed by atoms with Crippen LogP contribution in [0.3, 0.4) is 0 Å². The van der Waals surface area contributed by atoms with Crippen LogP contribution in [0.2, 0.25) is 0 Å². The van der Waals surface area contributed by atoms with Gasteiger partial charge >= 0.3 is 6.36 Å². The van der Waals surface area contributed by atoms with Crippen LogP contribution in [-0.4, -0.2) is 61.0 Å². The molecule has 148 valence electrons. The fourth-order valence-corrected chi connectivity index (χ4v) is 3.52. The van der Waals surface area contributed by atoms with E-state index >= 15 is 0 Å². The van der Waals surface area contributed by atoms with Crippen molar-refractivity contribution in [3.05, 3.63) is 29.8 Å². The second-order valence-corrected chi connectivity index (χ2v) is 6.79. The lowest BCUT2D eigenvalue weighted by molar-refractivity contribution is -0.275. The average molecular weight is 377 g/mol. The summed E-state index contributed by atoms with van der Waals surface area (Å²) in [4.78, 5) is 1.95. The van der Waals surface area contributed by atoms with E-state index in [9.17, 15) is 23.4 Å². The van der Waals surface area contributed by atoms with Crippen LogP contribution in [0.15, 0.2) is 24.3 Å². The minimum Gasteiger partial charge on any atom is -0.405 e. The summed E-state index contributed by atoms with van der Waals surface area (Å²) in [6.45, 7) is 1.53. The standard InChI is InChI=1S/C18H26F3NO4/c1-25-10-4-8-17(13-23)12-22(9-7-16(17)24)11-14-5-2-3-6-15(14)26-18(19,20)21/h2-3,5-6,16,23-24H,4,7-13H2,1H3/t16-,17+/m1/s1. The minimum atomic E-state index is -4.75. The van der Waals surface area contributed by atoms with Gasteiger partial charge in [-0.3, -0.25) is 4.90 Å². The van der Waals surface area contributed by atoms with Gasteiger partial charge in [0.2, 0.25) is 0 Å². The maximum absolute atomic E-state index is 12.6. The van der Waals surface area contributed by atoms with E-state index in [2.05, 4.69) is 4.74 Å². The molecule has 1 aromatic rings. The highest BCUT2D eigenvalue weighted by molar-refractivity contribution is 5.33. The highest BCUT2D eigenvalue weighted by atomic mass is 19.4. The number of methoxy groups -OCH3 is 1. The predicted molar refractivity (Wildman–Crippen MR) is 89.7 cm³/mol. The van der Waals surface area contributed by atoms with Gasteiger partial charge in [0.25, 0.3) is 0 Å². The number of hydrogen-bond acceptors (Lipinski definition) is 5. The summed E-state index contributed by atoms with van der Waals surface area (Å²) in [6, 6.07) is 6.04. The van der Waals surface area contributed by atoms with Crippen molar-refractivity contribution in [2.24, 2.45) is 5.41 Å². The van der Waals surface area contributed by atoms with Crippen molar-refractivity contribution in [3.63, 3.8) is 0 Å². The summed E-state index contributed by atoms with van der Waals surface area (Å²) >= 11 is 0. The molecule has 1 aromatic carbocycles. The van der Waals surface area contributed by atoms with Gasteiger partial charge in [-0.25, -0.2) is 0 Å². The fraction of sp³-hybridized carbons (Fsp3) is 0.667. The van der Waals surface area contributed by atoms with E-state index in [4.69, 9.17) is 4.74 Å². The molecule has 0 bridgehead atoms. The number of aliphatic hydroxyl groups is 2. The maximum atomic E-state index is 12.6. The Kier molecular flexibility index (Phi) is 7.28. The molecule has 1 aliphatic heterocycles. The summed E-state index contributed by atoms with van der Waals surface area (Å²) in [5, 5.41) is 20.3. The first-order chi connectivity index (χ1) is 12.3. The van der Waals surface area contributed by atoms with Gasteiger partial charge in [0, 0.05) is 44.3 Å². The third-order valence-electron chi connectivity index (χ3n) is 4.89. The molecule has 0 aromatic heterocycles.